The first-order valence-corrected chi connectivity index (χ1v) is 15.1. The van der Waals surface area contributed by atoms with Crippen molar-refractivity contribution >= 4 is 0 Å². The molecule has 0 fully saturated rings. The van der Waals surface area contributed by atoms with Crippen molar-refractivity contribution in [3.8, 4) is 0 Å². The van der Waals surface area contributed by atoms with Crippen LogP contribution in [0.15, 0.2) is 0 Å². The van der Waals surface area contributed by atoms with Crippen LogP contribution in [-0.2, 0) is 9.68 Å². The molecule has 5 heteroatoms. The van der Waals surface area contributed by atoms with Crippen molar-refractivity contribution in [3.63, 3.8) is 0 Å². The fraction of sp³-hybridized carbons (Fsp3) is 1.00. The lowest BCUT2D eigenvalue weighted by atomic mass is 10.0. The highest BCUT2D eigenvalue weighted by Crippen LogP contribution is 2.15. The molecule has 0 amide bonds. The summed E-state index contributed by atoms with van der Waals surface area (Å²) in [4.78, 5) is 11.1. The summed E-state index contributed by atoms with van der Waals surface area (Å²) in [5.41, 5.74) is 0. The smallest absolute Gasteiger partial charge is 0.0733 e. The molecule has 0 spiro atoms. The van der Waals surface area contributed by atoms with Gasteiger partial charge >= 0.3 is 0 Å². The van der Waals surface area contributed by atoms with Crippen LogP contribution in [0.4, 0.5) is 0 Å². The minimum absolute atomic E-state index is 0.129. The quantitative estimate of drug-likeness (QED) is 0.0791. The monoisotopic (exact) mass is 487 g/mol. The van der Waals surface area contributed by atoms with Gasteiger partial charge in [-0.25, -0.2) is 0 Å². The van der Waals surface area contributed by atoms with E-state index in [1.54, 1.807) is 5.23 Å². The number of hydrogen-bond donors (Lipinski definition) is 2. The predicted octanol–water partition coefficient (Wildman–Crippen LogP) is 8.13. The van der Waals surface area contributed by atoms with Gasteiger partial charge in [0.1, 0.15) is 0 Å². The minimum atomic E-state index is 0.129. The third-order valence-corrected chi connectivity index (χ3v) is 6.52. The summed E-state index contributed by atoms with van der Waals surface area (Å²) in [6, 6.07) is 0. The second kappa shape index (κ2) is 30.8. The van der Waals surface area contributed by atoms with Gasteiger partial charge in [0.25, 0.3) is 0 Å². The summed E-state index contributed by atoms with van der Waals surface area (Å²) in [5, 5.41) is 19.3. The van der Waals surface area contributed by atoms with Crippen molar-refractivity contribution in [1.29, 1.82) is 0 Å². The van der Waals surface area contributed by atoms with Gasteiger partial charge in [0, 0.05) is 13.2 Å². The maximum Gasteiger partial charge on any atom is 0.0733 e. The van der Waals surface area contributed by atoms with Crippen molar-refractivity contribution in [2.75, 3.05) is 33.0 Å². The second-order valence-electron chi connectivity index (χ2n) is 9.95. The van der Waals surface area contributed by atoms with Crippen LogP contribution in [-0.4, -0.2) is 48.4 Å². The molecule has 34 heavy (non-hydrogen) atoms. The topological polar surface area (TPSA) is 62.2 Å². The Hall–Kier alpha value is -0.200. The first kappa shape index (κ1) is 33.8. The molecule has 0 saturated heterocycles. The third kappa shape index (κ3) is 28.0. The van der Waals surface area contributed by atoms with Crippen LogP contribution in [0.3, 0.4) is 0 Å². The van der Waals surface area contributed by atoms with Gasteiger partial charge in [-0.2, -0.15) is 0 Å². The van der Waals surface area contributed by atoms with E-state index in [0.717, 1.165) is 13.0 Å². The molecule has 0 saturated carbocycles. The summed E-state index contributed by atoms with van der Waals surface area (Å²) in [7, 11) is 0. The van der Waals surface area contributed by atoms with Crippen molar-refractivity contribution in [3.05, 3.63) is 0 Å². The Morgan fingerprint density at radius 3 is 1.00 bits per heavy atom. The molecule has 0 aliphatic carbocycles. The summed E-state index contributed by atoms with van der Waals surface area (Å²) in [5.74, 6) is 0. The predicted molar refractivity (Wildman–Crippen MR) is 145 cm³/mol. The third-order valence-electron chi connectivity index (χ3n) is 6.52. The Bertz CT molecular complexity index is 347. The highest BCUT2D eigenvalue weighted by atomic mass is 16.9. The largest absolute Gasteiger partial charge is 0.396 e. The van der Waals surface area contributed by atoms with E-state index in [1.807, 2.05) is 0 Å². The van der Waals surface area contributed by atoms with Gasteiger partial charge in [0.05, 0.1) is 19.8 Å². The minimum Gasteiger partial charge on any atom is -0.396 e. The molecule has 0 unspecified atom stereocenters. The molecule has 0 atom stereocenters. The van der Waals surface area contributed by atoms with Gasteiger partial charge in [-0.05, 0) is 19.3 Å². The summed E-state index contributed by atoms with van der Waals surface area (Å²) >= 11 is 0. The molecule has 0 radical (unpaired) electrons. The van der Waals surface area contributed by atoms with Crippen molar-refractivity contribution in [2.24, 2.45) is 0 Å². The van der Waals surface area contributed by atoms with Crippen molar-refractivity contribution in [2.45, 2.75) is 155 Å². The number of hydrogen-bond acceptors (Lipinski definition) is 5. The highest BCUT2D eigenvalue weighted by Gasteiger charge is 2.06. The standard InChI is InChI=1S/C29H61NO4/c1-2-3-4-5-6-7-8-9-10-11-12-13-14-15-16-17-18-19-20-21-22-25-30(33-28-23-26-31)34-29-24-27-32/h31-32H,2-29H2,1H3. The van der Waals surface area contributed by atoms with E-state index < -0.39 is 0 Å². The van der Waals surface area contributed by atoms with Gasteiger partial charge < -0.3 is 10.2 Å². The number of hydroxylamine groups is 2. The molecule has 206 valence electrons. The van der Waals surface area contributed by atoms with E-state index in [2.05, 4.69) is 6.92 Å². The number of nitrogens with zero attached hydrogens (tertiary/aromatic N) is 1. The van der Waals surface area contributed by atoms with E-state index in [9.17, 15) is 0 Å². The average Bonchev–Trinajstić information content (AvgIpc) is 2.85. The van der Waals surface area contributed by atoms with Gasteiger partial charge in [0.15, 0.2) is 0 Å². The van der Waals surface area contributed by atoms with E-state index in [0.29, 0.717) is 26.1 Å². The fourth-order valence-electron chi connectivity index (χ4n) is 4.30. The molecule has 0 bridgehead atoms. The molecule has 0 aromatic carbocycles. The summed E-state index contributed by atoms with van der Waals surface area (Å²) in [6.07, 6.45) is 30.4. The molecular formula is C29H61NO4. The number of rotatable bonds is 30. The van der Waals surface area contributed by atoms with E-state index >= 15 is 0 Å². The van der Waals surface area contributed by atoms with Crippen LogP contribution in [0, 0.1) is 0 Å². The lowest BCUT2D eigenvalue weighted by Gasteiger charge is -2.20. The normalized spacial score (nSPS) is 11.6. The van der Waals surface area contributed by atoms with Gasteiger partial charge in [-0.1, -0.05) is 141 Å². The van der Waals surface area contributed by atoms with Crippen LogP contribution in [0.25, 0.3) is 0 Å². The molecule has 0 rings (SSSR count). The Morgan fingerprint density at radius 1 is 0.412 bits per heavy atom. The zero-order valence-electron chi connectivity index (χ0n) is 23.0. The fourth-order valence-corrected chi connectivity index (χ4v) is 4.30. The molecule has 0 aromatic heterocycles. The van der Waals surface area contributed by atoms with Crippen LogP contribution in [0.2, 0.25) is 0 Å². The lowest BCUT2D eigenvalue weighted by Crippen LogP contribution is -2.27. The second-order valence-corrected chi connectivity index (χ2v) is 9.95. The Labute approximate surface area is 212 Å². The Morgan fingerprint density at radius 2 is 0.706 bits per heavy atom. The first-order chi connectivity index (χ1) is 16.8. The van der Waals surface area contributed by atoms with Crippen LogP contribution < -0.4 is 0 Å². The van der Waals surface area contributed by atoms with Gasteiger partial charge in [-0.15, -0.1) is 0 Å². The number of unbranched alkanes of at least 4 members (excludes halogenated alkanes) is 20. The maximum absolute atomic E-state index is 8.88. The van der Waals surface area contributed by atoms with Crippen LogP contribution >= 0.6 is 0 Å². The molecule has 5 nitrogen and oxygen atoms in total. The Balaban J connectivity index is 3.28. The molecule has 0 aliphatic heterocycles. The molecule has 2 N–H and O–H groups in total. The molecule has 0 heterocycles. The first-order valence-electron chi connectivity index (χ1n) is 15.1. The van der Waals surface area contributed by atoms with Crippen molar-refractivity contribution in [1.82, 2.24) is 5.23 Å². The summed E-state index contributed by atoms with van der Waals surface area (Å²) in [6.45, 7) is 4.23. The number of aliphatic hydroxyl groups excluding tert-OH is 2. The molecule has 0 aliphatic rings. The maximum atomic E-state index is 8.88. The average molecular weight is 488 g/mol. The van der Waals surface area contributed by atoms with Crippen molar-refractivity contribution < 1.29 is 19.9 Å². The highest BCUT2D eigenvalue weighted by molar-refractivity contribution is 4.51. The van der Waals surface area contributed by atoms with E-state index in [-0.39, 0.29) is 13.2 Å². The summed E-state index contributed by atoms with van der Waals surface area (Å²) < 4.78 is 0. The van der Waals surface area contributed by atoms with Crippen LogP contribution in [0.1, 0.15) is 155 Å². The zero-order chi connectivity index (χ0) is 24.8. The zero-order valence-corrected chi connectivity index (χ0v) is 23.0. The van der Waals surface area contributed by atoms with Gasteiger partial charge in [-0.3, -0.25) is 9.68 Å². The molecular weight excluding hydrogens is 426 g/mol. The van der Waals surface area contributed by atoms with Crippen LogP contribution in [0.5, 0.6) is 0 Å². The molecule has 0 aromatic rings. The number of aliphatic hydroxyl groups is 2. The SMILES string of the molecule is CCCCCCCCCCCCCCCCCCCCCCCN(OCCCO)OCCCO. The Kier molecular flexibility index (Phi) is 30.6. The van der Waals surface area contributed by atoms with E-state index in [4.69, 9.17) is 19.9 Å². The van der Waals surface area contributed by atoms with E-state index in [1.165, 1.54) is 128 Å². The van der Waals surface area contributed by atoms with Gasteiger partial charge in [0.2, 0.25) is 0 Å². The lowest BCUT2D eigenvalue weighted by molar-refractivity contribution is -0.369.